The molecular weight excluding hydrogens is 372 g/mol. The maximum Gasteiger partial charge on any atom is 0.243 e. The lowest BCUT2D eigenvalue weighted by atomic mass is 10.1. The van der Waals surface area contributed by atoms with Crippen LogP contribution in [0.15, 0.2) is 53.4 Å². The zero-order chi connectivity index (χ0) is 18.7. The number of sulfonamides is 1. The summed E-state index contributed by atoms with van der Waals surface area (Å²) in [5, 5.41) is 0.744. The monoisotopic (exact) mass is 394 g/mol. The van der Waals surface area contributed by atoms with Crippen LogP contribution in [0.1, 0.15) is 18.5 Å². The van der Waals surface area contributed by atoms with Gasteiger partial charge in [0.1, 0.15) is 5.75 Å². The molecule has 1 heterocycles. The Balaban J connectivity index is 1.68. The van der Waals surface area contributed by atoms with Crippen LogP contribution in [-0.2, 0) is 10.0 Å². The minimum atomic E-state index is -3.48. The summed E-state index contributed by atoms with van der Waals surface area (Å²) in [6.07, 6.45) is 0. The molecule has 5 nitrogen and oxygen atoms in total. The second-order valence-electron chi connectivity index (χ2n) is 6.31. The molecule has 0 N–H and O–H groups in total. The maximum atomic E-state index is 12.8. The second kappa shape index (κ2) is 7.96. The Hall–Kier alpha value is -1.60. The molecule has 26 heavy (non-hydrogen) atoms. The smallest absolute Gasteiger partial charge is 0.243 e. The molecule has 0 unspecified atom stereocenters. The predicted octanol–water partition coefficient (Wildman–Crippen LogP) is 3.42. The Morgan fingerprint density at radius 1 is 1.00 bits per heavy atom. The summed E-state index contributed by atoms with van der Waals surface area (Å²) in [6.45, 7) is 4.37. The molecule has 0 aliphatic carbocycles. The van der Waals surface area contributed by atoms with Crippen molar-refractivity contribution in [3.8, 4) is 5.75 Å². The lowest BCUT2D eigenvalue weighted by molar-refractivity contribution is 0.146. The minimum Gasteiger partial charge on any atom is -0.497 e. The third-order valence-electron chi connectivity index (χ3n) is 4.87. The number of hydrogen-bond donors (Lipinski definition) is 0. The Bertz CT molecular complexity index is 847. The van der Waals surface area contributed by atoms with Crippen LogP contribution < -0.4 is 4.74 Å². The quantitative estimate of drug-likeness (QED) is 0.779. The first-order chi connectivity index (χ1) is 12.4. The molecule has 1 saturated heterocycles. The lowest BCUT2D eigenvalue weighted by Crippen LogP contribution is -2.49. The van der Waals surface area contributed by atoms with Crippen molar-refractivity contribution in [1.82, 2.24) is 9.21 Å². The molecule has 1 atom stereocenters. The Labute approximate surface area is 160 Å². The van der Waals surface area contributed by atoms with Crippen molar-refractivity contribution in [3.05, 3.63) is 59.1 Å². The molecule has 2 aromatic rings. The van der Waals surface area contributed by atoms with Crippen molar-refractivity contribution in [2.75, 3.05) is 33.3 Å². The van der Waals surface area contributed by atoms with Gasteiger partial charge in [-0.1, -0.05) is 29.8 Å². The SMILES string of the molecule is COc1ccc(S(=O)(=O)N2CCN([C@H](C)c3ccccc3Cl)CC2)cc1. The lowest BCUT2D eigenvalue weighted by Gasteiger charge is -2.37. The molecule has 1 aliphatic rings. The Morgan fingerprint density at radius 3 is 2.19 bits per heavy atom. The van der Waals surface area contributed by atoms with Crippen molar-refractivity contribution in [2.45, 2.75) is 17.9 Å². The van der Waals surface area contributed by atoms with Gasteiger partial charge in [0.15, 0.2) is 0 Å². The van der Waals surface area contributed by atoms with Crippen LogP contribution in [0.2, 0.25) is 5.02 Å². The third kappa shape index (κ3) is 3.88. The molecule has 0 saturated carbocycles. The van der Waals surface area contributed by atoms with Gasteiger partial charge in [-0.3, -0.25) is 4.90 Å². The van der Waals surface area contributed by atoms with Gasteiger partial charge in [-0.15, -0.1) is 0 Å². The molecule has 140 valence electrons. The number of piperazine rings is 1. The number of methoxy groups -OCH3 is 1. The van der Waals surface area contributed by atoms with Crippen LogP contribution in [0, 0.1) is 0 Å². The van der Waals surface area contributed by atoms with Crippen molar-refractivity contribution >= 4 is 21.6 Å². The number of hydrogen-bond acceptors (Lipinski definition) is 4. The predicted molar refractivity (Wildman–Crippen MR) is 103 cm³/mol. The van der Waals surface area contributed by atoms with Crippen molar-refractivity contribution < 1.29 is 13.2 Å². The van der Waals surface area contributed by atoms with Crippen LogP contribution in [0.5, 0.6) is 5.75 Å². The normalized spacial score (nSPS) is 17.8. The highest BCUT2D eigenvalue weighted by atomic mass is 35.5. The minimum absolute atomic E-state index is 0.148. The average molecular weight is 395 g/mol. The van der Waals surface area contributed by atoms with Gasteiger partial charge in [0.2, 0.25) is 10.0 Å². The largest absolute Gasteiger partial charge is 0.497 e. The first-order valence-corrected chi connectivity index (χ1v) is 10.4. The van der Waals surface area contributed by atoms with Crippen LogP contribution in [0.3, 0.4) is 0 Å². The fourth-order valence-corrected chi connectivity index (χ4v) is 4.95. The van der Waals surface area contributed by atoms with Gasteiger partial charge in [-0.2, -0.15) is 4.31 Å². The van der Waals surface area contributed by atoms with Crippen LogP contribution in [-0.4, -0.2) is 50.9 Å². The summed E-state index contributed by atoms with van der Waals surface area (Å²) >= 11 is 6.30. The molecule has 0 radical (unpaired) electrons. The van der Waals surface area contributed by atoms with Crippen LogP contribution >= 0.6 is 11.6 Å². The molecular formula is C19H23ClN2O3S. The number of nitrogens with zero attached hydrogens (tertiary/aromatic N) is 2. The van der Waals surface area contributed by atoms with Crippen LogP contribution in [0.4, 0.5) is 0 Å². The molecule has 1 aliphatic heterocycles. The van der Waals surface area contributed by atoms with E-state index in [2.05, 4.69) is 11.8 Å². The van der Waals surface area contributed by atoms with Gasteiger partial charge in [-0.05, 0) is 42.8 Å². The van der Waals surface area contributed by atoms with E-state index in [1.54, 1.807) is 35.7 Å². The molecule has 7 heteroatoms. The van der Waals surface area contributed by atoms with Crippen molar-refractivity contribution in [3.63, 3.8) is 0 Å². The zero-order valence-corrected chi connectivity index (χ0v) is 16.5. The maximum absolute atomic E-state index is 12.8. The van der Waals surface area contributed by atoms with Crippen molar-refractivity contribution in [2.24, 2.45) is 0 Å². The van der Waals surface area contributed by atoms with E-state index >= 15 is 0 Å². The number of benzene rings is 2. The van der Waals surface area contributed by atoms with Gasteiger partial charge in [0.05, 0.1) is 12.0 Å². The van der Waals surface area contributed by atoms with Gasteiger partial charge in [-0.25, -0.2) is 8.42 Å². The third-order valence-corrected chi connectivity index (χ3v) is 7.13. The van der Waals surface area contributed by atoms with E-state index in [1.807, 2.05) is 24.3 Å². The van der Waals surface area contributed by atoms with Gasteiger partial charge in [0.25, 0.3) is 0 Å². The second-order valence-corrected chi connectivity index (χ2v) is 8.66. The van der Waals surface area contributed by atoms with Crippen molar-refractivity contribution in [1.29, 1.82) is 0 Å². The van der Waals surface area contributed by atoms with E-state index < -0.39 is 10.0 Å². The summed E-state index contributed by atoms with van der Waals surface area (Å²) in [4.78, 5) is 2.56. The Morgan fingerprint density at radius 2 is 1.62 bits per heavy atom. The first kappa shape index (κ1) is 19.2. The van der Waals surface area contributed by atoms with Crippen LogP contribution in [0.25, 0.3) is 0 Å². The molecule has 0 spiro atoms. The molecule has 0 amide bonds. The molecule has 3 rings (SSSR count). The van der Waals surface area contributed by atoms with E-state index in [0.717, 1.165) is 10.6 Å². The highest BCUT2D eigenvalue weighted by molar-refractivity contribution is 7.89. The van der Waals surface area contributed by atoms with E-state index in [9.17, 15) is 8.42 Å². The van der Waals surface area contributed by atoms with E-state index in [0.29, 0.717) is 36.8 Å². The summed E-state index contributed by atoms with van der Waals surface area (Å²) in [5.41, 5.74) is 1.07. The van der Waals surface area contributed by atoms with Gasteiger partial charge < -0.3 is 4.74 Å². The highest BCUT2D eigenvalue weighted by Gasteiger charge is 2.30. The van der Waals surface area contributed by atoms with E-state index in [1.165, 1.54) is 0 Å². The van der Waals surface area contributed by atoms with E-state index in [4.69, 9.17) is 16.3 Å². The van der Waals surface area contributed by atoms with Gasteiger partial charge in [0, 0.05) is 37.2 Å². The molecule has 0 bridgehead atoms. The first-order valence-electron chi connectivity index (χ1n) is 8.56. The average Bonchev–Trinajstić information content (AvgIpc) is 2.68. The topological polar surface area (TPSA) is 49.9 Å². The summed E-state index contributed by atoms with van der Waals surface area (Å²) < 4.78 is 32.3. The summed E-state index contributed by atoms with van der Waals surface area (Å²) in [5.74, 6) is 0.641. The number of halogens is 1. The fourth-order valence-electron chi connectivity index (χ4n) is 3.24. The zero-order valence-electron chi connectivity index (χ0n) is 14.9. The molecule has 0 aromatic heterocycles. The standard InChI is InChI=1S/C19H23ClN2O3S/c1-15(18-5-3-4-6-19(18)20)21-11-13-22(14-12-21)26(23,24)17-9-7-16(25-2)8-10-17/h3-10,15H,11-14H2,1-2H3/t15-/m1/s1. The molecule has 1 fully saturated rings. The van der Waals surface area contributed by atoms with Gasteiger partial charge >= 0.3 is 0 Å². The number of rotatable bonds is 5. The molecule has 2 aromatic carbocycles. The Kier molecular flexibility index (Phi) is 5.87. The highest BCUT2D eigenvalue weighted by Crippen LogP contribution is 2.29. The summed E-state index contributed by atoms with van der Waals surface area (Å²) in [7, 11) is -1.93. The fraction of sp³-hybridized carbons (Fsp3) is 0.368. The number of ether oxygens (including phenoxy) is 1. The summed E-state index contributed by atoms with van der Waals surface area (Å²) in [6, 6.07) is 14.5. The van der Waals surface area contributed by atoms with E-state index in [-0.39, 0.29) is 6.04 Å².